The Morgan fingerprint density at radius 3 is 2.34 bits per heavy atom. The number of nitrogens with zero attached hydrogens (tertiary/aromatic N) is 3. The van der Waals surface area contributed by atoms with Gasteiger partial charge in [0, 0.05) is 32.2 Å². The maximum absolute atomic E-state index is 12.8. The highest BCUT2D eigenvalue weighted by atomic mass is 35.5. The van der Waals surface area contributed by atoms with E-state index in [1.54, 1.807) is 23.1 Å². The Bertz CT molecular complexity index is 1020. The van der Waals surface area contributed by atoms with Gasteiger partial charge in [0.05, 0.1) is 16.5 Å². The topological polar surface area (TPSA) is 113 Å². The highest BCUT2D eigenvalue weighted by Crippen LogP contribution is 2.25. The Labute approximate surface area is 173 Å². The zero-order valence-corrected chi connectivity index (χ0v) is 16.9. The quantitative estimate of drug-likeness (QED) is 0.546. The smallest absolute Gasteiger partial charge is 0.292 e. The van der Waals surface area contributed by atoms with Crippen LogP contribution in [0, 0.1) is 10.1 Å². The summed E-state index contributed by atoms with van der Waals surface area (Å²) in [5.41, 5.74) is -0.0565. The molecule has 11 heteroatoms. The highest BCUT2D eigenvalue weighted by molar-refractivity contribution is 7.89. The number of hydrogen-bond acceptors (Lipinski definition) is 6. The first kappa shape index (κ1) is 21.2. The van der Waals surface area contributed by atoms with Gasteiger partial charge in [-0.2, -0.15) is 4.31 Å². The fourth-order valence-electron chi connectivity index (χ4n) is 3.05. The van der Waals surface area contributed by atoms with Gasteiger partial charge in [0.15, 0.2) is 0 Å². The monoisotopic (exact) mass is 438 g/mol. The number of sulfonamides is 1. The Balaban J connectivity index is 1.58. The summed E-state index contributed by atoms with van der Waals surface area (Å²) >= 11 is 6.02. The minimum absolute atomic E-state index is 0.00598. The van der Waals surface area contributed by atoms with E-state index in [-0.39, 0.29) is 40.9 Å². The standard InChI is InChI=1S/C18H19ClN4O5S/c19-14-5-1-4-8-17(14)29(27,28)22-11-9-21(10-12-22)13-18(24)20-15-6-2-3-7-16(15)23(25)26/h1-8H,9-13H2,(H,20,24). The number of amides is 1. The number of halogens is 1. The van der Waals surface area contributed by atoms with E-state index < -0.39 is 20.9 Å². The van der Waals surface area contributed by atoms with Gasteiger partial charge in [0.1, 0.15) is 10.6 Å². The van der Waals surface area contributed by atoms with Crippen molar-refractivity contribution in [2.45, 2.75) is 4.90 Å². The number of nitro groups is 1. The number of nitro benzene ring substituents is 1. The molecule has 3 rings (SSSR count). The lowest BCUT2D eigenvalue weighted by Gasteiger charge is -2.33. The number of carbonyl (C=O) groups is 1. The van der Waals surface area contributed by atoms with Crippen LogP contribution < -0.4 is 5.32 Å². The molecule has 1 amide bonds. The van der Waals surface area contributed by atoms with Gasteiger partial charge in [-0.3, -0.25) is 19.8 Å². The first-order valence-electron chi connectivity index (χ1n) is 8.79. The molecule has 0 atom stereocenters. The first-order valence-corrected chi connectivity index (χ1v) is 10.6. The highest BCUT2D eigenvalue weighted by Gasteiger charge is 2.30. The third-order valence-corrected chi connectivity index (χ3v) is 6.93. The van der Waals surface area contributed by atoms with Crippen LogP contribution in [-0.4, -0.2) is 61.2 Å². The molecule has 154 valence electrons. The Morgan fingerprint density at radius 2 is 1.69 bits per heavy atom. The molecular weight excluding hydrogens is 420 g/mol. The second kappa shape index (κ2) is 8.87. The van der Waals surface area contributed by atoms with Crippen molar-refractivity contribution in [2.75, 3.05) is 38.0 Å². The van der Waals surface area contributed by atoms with Gasteiger partial charge in [-0.25, -0.2) is 8.42 Å². The fraction of sp³-hybridized carbons (Fsp3) is 0.278. The van der Waals surface area contributed by atoms with E-state index in [0.29, 0.717) is 13.1 Å². The molecule has 0 aromatic heterocycles. The molecule has 1 heterocycles. The van der Waals surface area contributed by atoms with E-state index in [2.05, 4.69) is 5.32 Å². The van der Waals surface area contributed by atoms with E-state index in [0.717, 1.165) is 0 Å². The van der Waals surface area contributed by atoms with Crippen molar-refractivity contribution < 1.29 is 18.1 Å². The maximum Gasteiger partial charge on any atom is 0.292 e. The average molecular weight is 439 g/mol. The summed E-state index contributed by atoms with van der Waals surface area (Å²) in [5.74, 6) is -0.401. The molecule has 0 unspecified atom stereocenters. The largest absolute Gasteiger partial charge is 0.319 e. The Kier molecular flexibility index (Phi) is 6.48. The van der Waals surface area contributed by atoms with E-state index in [1.807, 2.05) is 0 Å². The van der Waals surface area contributed by atoms with Gasteiger partial charge in [0.2, 0.25) is 15.9 Å². The molecule has 1 N–H and O–H groups in total. The van der Waals surface area contributed by atoms with Crippen LogP contribution in [0.2, 0.25) is 5.02 Å². The summed E-state index contributed by atoms with van der Waals surface area (Å²) in [6, 6.07) is 12.2. The Hall–Kier alpha value is -2.53. The first-order chi connectivity index (χ1) is 13.8. The molecular formula is C18H19ClN4O5S. The number of rotatable bonds is 6. The van der Waals surface area contributed by atoms with Crippen LogP contribution in [0.5, 0.6) is 0 Å². The van der Waals surface area contributed by atoms with Crippen molar-refractivity contribution in [2.24, 2.45) is 0 Å². The summed E-state index contributed by atoms with van der Waals surface area (Å²) in [6.45, 7) is 1.15. The van der Waals surface area contributed by atoms with Crippen LogP contribution >= 0.6 is 11.6 Å². The van der Waals surface area contributed by atoms with E-state index in [4.69, 9.17) is 11.6 Å². The predicted molar refractivity (Wildman–Crippen MR) is 108 cm³/mol. The van der Waals surface area contributed by atoms with Gasteiger partial charge in [0.25, 0.3) is 5.69 Å². The number of piperazine rings is 1. The summed E-state index contributed by atoms with van der Waals surface area (Å²) < 4.78 is 26.9. The Morgan fingerprint density at radius 1 is 1.07 bits per heavy atom. The van der Waals surface area contributed by atoms with Gasteiger partial charge in [-0.15, -0.1) is 0 Å². The summed E-state index contributed by atoms with van der Waals surface area (Å²) in [7, 11) is -3.71. The van der Waals surface area contributed by atoms with Crippen molar-refractivity contribution in [1.82, 2.24) is 9.21 Å². The SMILES string of the molecule is O=C(CN1CCN(S(=O)(=O)c2ccccc2Cl)CC1)Nc1ccccc1[N+](=O)[O-]. The summed E-state index contributed by atoms with van der Waals surface area (Å²) in [6.07, 6.45) is 0. The molecule has 0 bridgehead atoms. The molecule has 0 radical (unpaired) electrons. The lowest BCUT2D eigenvalue weighted by atomic mass is 10.2. The third kappa shape index (κ3) is 4.91. The van der Waals surface area contributed by atoms with E-state index in [1.165, 1.54) is 34.6 Å². The van der Waals surface area contributed by atoms with Crippen molar-refractivity contribution in [3.05, 3.63) is 63.7 Å². The molecule has 2 aromatic carbocycles. The van der Waals surface area contributed by atoms with E-state index in [9.17, 15) is 23.3 Å². The van der Waals surface area contributed by atoms with Crippen LogP contribution in [0.25, 0.3) is 0 Å². The van der Waals surface area contributed by atoms with Crippen LogP contribution in [-0.2, 0) is 14.8 Å². The molecule has 0 aliphatic carbocycles. The van der Waals surface area contributed by atoms with Crippen LogP contribution in [0.1, 0.15) is 0 Å². The number of carbonyl (C=O) groups excluding carboxylic acids is 1. The van der Waals surface area contributed by atoms with Gasteiger partial charge >= 0.3 is 0 Å². The lowest BCUT2D eigenvalue weighted by molar-refractivity contribution is -0.383. The third-order valence-electron chi connectivity index (χ3n) is 4.53. The summed E-state index contributed by atoms with van der Waals surface area (Å²) in [4.78, 5) is 24.6. The number of benzene rings is 2. The van der Waals surface area contributed by atoms with Crippen molar-refractivity contribution in [3.8, 4) is 0 Å². The number of anilines is 1. The molecule has 0 spiro atoms. The van der Waals surface area contributed by atoms with Crippen molar-refractivity contribution >= 4 is 38.9 Å². The molecule has 2 aromatic rings. The summed E-state index contributed by atoms with van der Waals surface area (Å²) in [5, 5.41) is 13.7. The second-order valence-corrected chi connectivity index (χ2v) is 8.75. The minimum Gasteiger partial charge on any atom is -0.319 e. The van der Waals surface area contributed by atoms with Crippen molar-refractivity contribution in [3.63, 3.8) is 0 Å². The zero-order chi connectivity index (χ0) is 21.0. The van der Waals surface area contributed by atoms with Gasteiger partial charge in [-0.05, 0) is 18.2 Å². The molecule has 1 saturated heterocycles. The van der Waals surface area contributed by atoms with E-state index >= 15 is 0 Å². The second-order valence-electron chi connectivity index (χ2n) is 6.43. The predicted octanol–water partition coefficient (Wildman–Crippen LogP) is 2.19. The van der Waals surface area contributed by atoms with Crippen LogP contribution in [0.15, 0.2) is 53.4 Å². The molecule has 29 heavy (non-hydrogen) atoms. The maximum atomic E-state index is 12.8. The van der Waals surface area contributed by atoms with Gasteiger partial charge < -0.3 is 5.32 Å². The molecule has 1 aliphatic heterocycles. The molecule has 1 fully saturated rings. The van der Waals surface area contributed by atoms with Crippen LogP contribution in [0.4, 0.5) is 11.4 Å². The zero-order valence-electron chi connectivity index (χ0n) is 15.3. The number of nitrogens with one attached hydrogen (secondary N) is 1. The average Bonchev–Trinajstić information content (AvgIpc) is 2.69. The number of hydrogen-bond donors (Lipinski definition) is 1. The van der Waals surface area contributed by atoms with Crippen LogP contribution in [0.3, 0.4) is 0 Å². The normalized spacial score (nSPS) is 15.8. The molecule has 9 nitrogen and oxygen atoms in total. The van der Waals surface area contributed by atoms with Crippen molar-refractivity contribution in [1.29, 1.82) is 0 Å². The minimum atomic E-state index is -3.71. The number of para-hydroxylation sites is 2. The fourth-order valence-corrected chi connectivity index (χ4v) is 4.97. The molecule has 0 saturated carbocycles. The molecule has 1 aliphatic rings. The lowest BCUT2D eigenvalue weighted by Crippen LogP contribution is -2.50. The van der Waals surface area contributed by atoms with Gasteiger partial charge in [-0.1, -0.05) is 35.9 Å².